The van der Waals surface area contributed by atoms with E-state index in [1.54, 1.807) is 6.07 Å². The molecule has 0 saturated heterocycles. The fourth-order valence-corrected chi connectivity index (χ4v) is 1.85. The van der Waals surface area contributed by atoms with E-state index in [2.05, 4.69) is 5.10 Å². The van der Waals surface area contributed by atoms with Gasteiger partial charge in [-0.05, 0) is 18.2 Å². The van der Waals surface area contributed by atoms with Crippen molar-refractivity contribution in [1.82, 2.24) is 9.78 Å². The van der Waals surface area contributed by atoms with E-state index in [9.17, 15) is 9.59 Å². The third-order valence-electron chi connectivity index (χ3n) is 2.38. The van der Waals surface area contributed by atoms with Gasteiger partial charge >= 0.3 is 5.97 Å². The van der Waals surface area contributed by atoms with E-state index in [0.717, 1.165) is 10.9 Å². The molecule has 0 aliphatic carbocycles. The lowest BCUT2D eigenvalue weighted by Gasteiger charge is -2.06. The first-order chi connectivity index (χ1) is 8.91. The molecule has 0 aliphatic heterocycles. The Morgan fingerprint density at radius 1 is 1.26 bits per heavy atom. The molecule has 1 heterocycles. The average Bonchev–Trinajstić information content (AvgIpc) is 2.77. The molecule has 19 heavy (non-hydrogen) atoms. The summed E-state index contributed by atoms with van der Waals surface area (Å²) in [7, 11) is 0. The second kappa shape index (κ2) is 4.91. The number of primary amides is 1. The van der Waals surface area contributed by atoms with E-state index < -0.39 is 11.9 Å². The fraction of sp³-hybridized carbons (Fsp3) is 0. The van der Waals surface area contributed by atoms with Crippen LogP contribution in [0, 0.1) is 0 Å². The summed E-state index contributed by atoms with van der Waals surface area (Å²) in [4.78, 5) is 22.4. The Hall–Kier alpha value is -2.05. The van der Waals surface area contributed by atoms with Crippen LogP contribution in [0.1, 0.15) is 20.8 Å². The highest BCUT2D eigenvalue weighted by Gasteiger charge is 2.22. The third kappa shape index (κ3) is 2.40. The lowest BCUT2D eigenvalue weighted by atomic mass is 10.2. The molecule has 0 unspecified atom stereocenters. The van der Waals surface area contributed by atoms with Crippen LogP contribution < -0.4 is 5.73 Å². The summed E-state index contributed by atoms with van der Waals surface area (Å²) in [5.41, 5.74) is 5.06. The highest BCUT2D eigenvalue weighted by atomic mass is 35.5. The summed E-state index contributed by atoms with van der Waals surface area (Å²) in [6, 6.07) is 4.50. The number of benzene rings is 1. The molecule has 0 fully saturated rings. The van der Waals surface area contributed by atoms with Crippen LogP contribution >= 0.6 is 23.2 Å². The van der Waals surface area contributed by atoms with Crippen molar-refractivity contribution in [3.8, 4) is 5.69 Å². The summed E-state index contributed by atoms with van der Waals surface area (Å²) in [6.45, 7) is 0. The summed E-state index contributed by atoms with van der Waals surface area (Å²) in [6.07, 6.45) is 1.05. The molecule has 2 aromatic rings. The molecule has 1 aromatic heterocycles. The van der Waals surface area contributed by atoms with E-state index >= 15 is 0 Å². The van der Waals surface area contributed by atoms with E-state index in [1.165, 1.54) is 12.1 Å². The lowest BCUT2D eigenvalue weighted by Crippen LogP contribution is -2.20. The predicted molar refractivity (Wildman–Crippen MR) is 69.1 cm³/mol. The van der Waals surface area contributed by atoms with Gasteiger partial charge in [0, 0.05) is 0 Å². The topological polar surface area (TPSA) is 98.2 Å². The number of hydrogen-bond donors (Lipinski definition) is 2. The molecule has 98 valence electrons. The van der Waals surface area contributed by atoms with Crippen molar-refractivity contribution in [2.24, 2.45) is 5.73 Å². The van der Waals surface area contributed by atoms with Crippen LogP contribution in [0.3, 0.4) is 0 Å². The number of halogens is 2. The molecule has 3 N–H and O–H groups in total. The number of carboxylic acids is 1. The number of carbonyl (C=O) groups excluding carboxylic acids is 1. The minimum atomic E-state index is -1.29. The number of nitrogens with two attached hydrogens (primary N) is 1. The van der Waals surface area contributed by atoms with Crippen molar-refractivity contribution >= 4 is 35.1 Å². The van der Waals surface area contributed by atoms with Crippen LogP contribution in [0.25, 0.3) is 5.69 Å². The van der Waals surface area contributed by atoms with Crippen molar-refractivity contribution in [3.05, 3.63) is 45.7 Å². The maximum absolute atomic E-state index is 11.4. The molecule has 0 saturated carbocycles. The number of aromatic nitrogens is 2. The van der Waals surface area contributed by atoms with Gasteiger partial charge in [0.2, 0.25) is 0 Å². The molecule has 6 nitrogen and oxygen atoms in total. The van der Waals surface area contributed by atoms with Crippen LogP contribution in [0.2, 0.25) is 10.0 Å². The standard InChI is InChI=1S/C11H7Cl2N3O3/c12-7-2-1-5(3-8(7)13)16-9(10(14)17)6(4-15-16)11(18)19/h1-4H,(H2,14,17)(H,18,19). The molecular formula is C11H7Cl2N3O3. The second-order valence-electron chi connectivity index (χ2n) is 3.59. The molecule has 1 amide bonds. The molecule has 8 heteroatoms. The molecule has 0 bridgehead atoms. The Labute approximate surface area is 117 Å². The third-order valence-corrected chi connectivity index (χ3v) is 3.12. The van der Waals surface area contributed by atoms with Gasteiger partial charge < -0.3 is 10.8 Å². The minimum Gasteiger partial charge on any atom is -0.478 e. The predicted octanol–water partition coefficient (Wildman–Crippen LogP) is 1.98. The molecule has 1 aromatic carbocycles. The second-order valence-corrected chi connectivity index (χ2v) is 4.40. The van der Waals surface area contributed by atoms with Gasteiger partial charge in [-0.2, -0.15) is 5.10 Å². The lowest BCUT2D eigenvalue weighted by molar-refractivity contribution is 0.0692. The number of rotatable bonds is 3. The molecule has 0 atom stereocenters. The van der Waals surface area contributed by atoms with Gasteiger partial charge in [-0.25, -0.2) is 9.48 Å². The van der Waals surface area contributed by atoms with Crippen LogP contribution in [0.4, 0.5) is 0 Å². The van der Waals surface area contributed by atoms with Crippen molar-refractivity contribution in [1.29, 1.82) is 0 Å². The zero-order chi connectivity index (χ0) is 14.2. The summed E-state index contributed by atoms with van der Waals surface area (Å²) in [5.74, 6) is -2.19. The number of nitrogens with zero attached hydrogens (tertiary/aromatic N) is 2. The van der Waals surface area contributed by atoms with Crippen molar-refractivity contribution in [2.45, 2.75) is 0 Å². The first-order valence-electron chi connectivity index (χ1n) is 4.98. The van der Waals surface area contributed by atoms with Crippen LogP contribution in [-0.2, 0) is 0 Å². The number of carboxylic acid groups (broad SMARTS) is 1. The quantitative estimate of drug-likeness (QED) is 0.905. The van der Waals surface area contributed by atoms with Crippen molar-refractivity contribution in [2.75, 3.05) is 0 Å². The van der Waals surface area contributed by atoms with Gasteiger partial charge in [-0.1, -0.05) is 23.2 Å². The highest BCUT2D eigenvalue weighted by molar-refractivity contribution is 6.42. The largest absolute Gasteiger partial charge is 0.478 e. The highest BCUT2D eigenvalue weighted by Crippen LogP contribution is 2.25. The van der Waals surface area contributed by atoms with Gasteiger partial charge in [-0.15, -0.1) is 0 Å². The smallest absolute Gasteiger partial charge is 0.339 e. The number of amides is 1. The number of hydrogen-bond acceptors (Lipinski definition) is 3. The van der Waals surface area contributed by atoms with Crippen LogP contribution in [0.5, 0.6) is 0 Å². The van der Waals surface area contributed by atoms with E-state index in [-0.39, 0.29) is 16.3 Å². The SMILES string of the molecule is NC(=O)c1c(C(=O)O)cnn1-c1ccc(Cl)c(Cl)c1. The molecular weight excluding hydrogens is 293 g/mol. The summed E-state index contributed by atoms with van der Waals surface area (Å²) >= 11 is 11.6. The minimum absolute atomic E-state index is 0.231. The Balaban J connectivity index is 2.65. The first kappa shape index (κ1) is 13.4. The van der Waals surface area contributed by atoms with Gasteiger partial charge in [0.15, 0.2) is 0 Å². The van der Waals surface area contributed by atoms with Gasteiger partial charge in [0.05, 0.1) is 21.9 Å². The van der Waals surface area contributed by atoms with E-state index in [4.69, 9.17) is 34.0 Å². The Bertz CT molecular complexity index is 682. The van der Waals surface area contributed by atoms with Crippen LogP contribution in [0.15, 0.2) is 24.4 Å². The fourth-order valence-electron chi connectivity index (χ4n) is 1.55. The molecule has 0 spiro atoms. The maximum Gasteiger partial charge on any atom is 0.339 e. The first-order valence-corrected chi connectivity index (χ1v) is 5.74. The number of carbonyl (C=O) groups is 2. The zero-order valence-corrected chi connectivity index (χ0v) is 10.8. The normalized spacial score (nSPS) is 10.4. The monoisotopic (exact) mass is 299 g/mol. The molecule has 0 aliphatic rings. The zero-order valence-electron chi connectivity index (χ0n) is 9.30. The van der Waals surface area contributed by atoms with Crippen LogP contribution in [-0.4, -0.2) is 26.8 Å². The summed E-state index contributed by atoms with van der Waals surface area (Å²) < 4.78 is 1.11. The summed E-state index contributed by atoms with van der Waals surface area (Å²) in [5, 5.41) is 13.4. The van der Waals surface area contributed by atoms with Gasteiger partial charge in [0.25, 0.3) is 5.91 Å². The molecule has 0 radical (unpaired) electrons. The Morgan fingerprint density at radius 2 is 1.95 bits per heavy atom. The average molecular weight is 300 g/mol. The molecule has 2 rings (SSSR count). The van der Waals surface area contributed by atoms with Crippen molar-refractivity contribution < 1.29 is 14.7 Å². The maximum atomic E-state index is 11.4. The van der Waals surface area contributed by atoms with E-state index in [1.807, 2.05) is 0 Å². The van der Waals surface area contributed by atoms with Gasteiger partial charge in [0.1, 0.15) is 11.3 Å². The number of aromatic carboxylic acids is 1. The van der Waals surface area contributed by atoms with Crippen molar-refractivity contribution in [3.63, 3.8) is 0 Å². The van der Waals surface area contributed by atoms with Gasteiger partial charge in [-0.3, -0.25) is 4.79 Å². The van der Waals surface area contributed by atoms with E-state index in [0.29, 0.717) is 10.7 Å². The Kier molecular flexibility index (Phi) is 3.46. The Morgan fingerprint density at radius 3 is 2.47 bits per heavy atom.